The van der Waals surface area contributed by atoms with Gasteiger partial charge < -0.3 is 5.32 Å². The summed E-state index contributed by atoms with van der Waals surface area (Å²) in [6.07, 6.45) is 5.75. The Morgan fingerprint density at radius 2 is 2.07 bits per heavy atom. The van der Waals surface area contributed by atoms with E-state index in [0.29, 0.717) is 6.04 Å². The van der Waals surface area contributed by atoms with Crippen LogP contribution < -0.4 is 5.32 Å². The van der Waals surface area contributed by atoms with Crippen LogP contribution in [0, 0.1) is 0 Å². The van der Waals surface area contributed by atoms with Crippen LogP contribution in [0.1, 0.15) is 40.0 Å². The molecule has 0 amide bonds. The van der Waals surface area contributed by atoms with Crippen molar-refractivity contribution in [3.8, 4) is 0 Å². The molecule has 0 aromatic rings. The maximum atomic E-state index is 3.70. The quantitative estimate of drug-likeness (QED) is 0.442. The van der Waals surface area contributed by atoms with Crippen molar-refractivity contribution in [2.45, 2.75) is 46.1 Å². The smallest absolute Gasteiger partial charge is 0.0132 e. The van der Waals surface area contributed by atoms with Crippen molar-refractivity contribution in [1.29, 1.82) is 0 Å². The van der Waals surface area contributed by atoms with E-state index in [-0.39, 0.29) is 0 Å². The van der Waals surface area contributed by atoms with Gasteiger partial charge >= 0.3 is 0 Å². The fourth-order valence-electron chi connectivity index (χ4n) is 1.60. The lowest BCUT2D eigenvalue weighted by atomic mass is 10.2. The third-order valence-corrected chi connectivity index (χ3v) is 2.88. The number of unbranched alkanes of at least 4 members (excludes halogenated alkanes) is 1. The minimum absolute atomic E-state index is 0.710. The van der Waals surface area contributed by atoms with Crippen LogP contribution in [0.4, 0.5) is 0 Å². The van der Waals surface area contributed by atoms with Gasteiger partial charge in [0.05, 0.1) is 0 Å². The normalized spacial score (nSPS) is 13.1. The number of rotatable bonds is 10. The molecule has 2 heteroatoms. The Bertz CT molecular complexity index is 145. The van der Waals surface area contributed by atoms with E-state index in [2.05, 4.69) is 37.6 Å². The van der Waals surface area contributed by atoms with Gasteiger partial charge in [0.25, 0.3) is 0 Å². The molecule has 1 N–H and O–H groups in total. The largest absolute Gasteiger partial charge is 0.312 e. The Balaban J connectivity index is 3.73. The Labute approximate surface area is 95.7 Å². The lowest BCUT2D eigenvalue weighted by molar-refractivity contribution is 0.202. The van der Waals surface area contributed by atoms with Gasteiger partial charge in [0, 0.05) is 25.7 Å². The predicted molar refractivity (Wildman–Crippen MR) is 69.3 cm³/mol. The van der Waals surface area contributed by atoms with Gasteiger partial charge in [0.15, 0.2) is 0 Å². The number of nitrogens with one attached hydrogen (secondary N) is 1. The first-order chi connectivity index (χ1) is 7.26. The van der Waals surface area contributed by atoms with E-state index in [9.17, 15) is 0 Å². The molecule has 0 aromatic heterocycles. The Hall–Kier alpha value is -0.340. The highest BCUT2D eigenvalue weighted by atomic mass is 15.2. The number of hydrogen-bond donors (Lipinski definition) is 1. The lowest BCUT2D eigenvalue weighted by Gasteiger charge is -2.28. The maximum absolute atomic E-state index is 3.70. The topological polar surface area (TPSA) is 15.3 Å². The van der Waals surface area contributed by atoms with Gasteiger partial charge in [0.1, 0.15) is 0 Å². The van der Waals surface area contributed by atoms with Crippen molar-refractivity contribution in [3.63, 3.8) is 0 Å². The molecule has 1 atom stereocenters. The van der Waals surface area contributed by atoms with Crippen LogP contribution in [0.15, 0.2) is 12.7 Å². The fraction of sp³-hybridized carbons (Fsp3) is 0.846. The fourth-order valence-corrected chi connectivity index (χ4v) is 1.60. The molecule has 2 nitrogen and oxygen atoms in total. The van der Waals surface area contributed by atoms with Crippen LogP contribution in [-0.2, 0) is 0 Å². The highest BCUT2D eigenvalue weighted by Gasteiger charge is 2.10. The Morgan fingerprint density at radius 3 is 2.60 bits per heavy atom. The van der Waals surface area contributed by atoms with Gasteiger partial charge in [0.2, 0.25) is 0 Å². The molecule has 0 saturated heterocycles. The van der Waals surface area contributed by atoms with E-state index in [1.165, 1.54) is 25.8 Å². The average Bonchev–Trinajstić information content (AvgIpc) is 2.27. The van der Waals surface area contributed by atoms with E-state index in [1.807, 2.05) is 6.08 Å². The van der Waals surface area contributed by atoms with Crippen LogP contribution >= 0.6 is 0 Å². The minimum Gasteiger partial charge on any atom is -0.312 e. The zero-order chi connectivity index (χ0) is 11.5. The molecule has 0 bridgehead atoms. The third kappa shape index (κ3) is 7.57. The van der Waals surface area contributed by atoms with Crippen LogP contribution in [-0.4, -0.2) is 37.1 Å². The summed E-state index contributed by atoms with van der Waals surface area (Å²) in [5.41, 5.74) is 0. The summed E-state index contributed by atoms with van der Waals surface area (Å²) >= 11 is 0. The Kier molecular flexibility index (Phi) is 9.96. The molecule has 0 saturated carbocycles. The summed E-state index contributed by atoms with van der Waals surface area (Å²) in [6.45, 7) is 14.9. The molecule has 0 aliphatic heterocycles. The van der Waals surface area contributed by atoms with Crippen LogP contribution in [0.3, 0.4) is 0 Å². The molecule has 0 spiro atoms. The SMILES string of the molecule is C=CCNCCN(CCCC)C(C)CC. The lowest BCUT2D eigenvalue weighted by Crippen LogP contribution is -2.38. The standard InChI is InChI=1S/C13H28N2/c1-5-8-11-15(13(4)7-3)12-10-14-9-6-2/h6,13-14H,2,5,7-12H2,1,3-4H3. The summed E-state index contributed by atoms with van der Waals surface area (Å²) in [6, 6.07) is 0.710. The van der Waals surface area contributed by atoms with E-state index in [4.69, 9.17) is 0 Å². The summed E-state index contributed by atoms with van der Waals surface area (Å²) in [5, 5.41) is 3.36. The van der Waals surface area contributed by atoms with Gasteiger partial charge in [-0.1, -0.05) is 26.3 Å². The van der Waals surface area contributed by atoms with E-state index < -0.39 is 0 Å². The predicted octanol–water partition coefficient (Wildman–Crippen LogP) is 2.66. The zero-order valence-electron chi connectivity index (χ0n) is 10.8. The van der Waals surface area contributed by atoms with Crippen molar-refractivity contribution >= 4 is 0 Å². The van der Waals surface area contributed by atoms with Crippen molar-refractivity contribution < 1.29 is 0 Å². The molecule has 0 aromatic carbocycles. The zero-order valence-corrected chi connectivity index (χ0v) is 10.8. The second-order valence-corrected chi connectivity index (χ2v) is 4.14. The number of hydrogen-bond acceptors (Lipinski definition) is 2. The van der Waals surface area contributed by atoms with Crippen LogP contribution in [0.2, 0.25) is 0 Å². The third-order valence-electron chi connectivity index (χ3n) is 2.88. The second kappa shape index (κ2) is 10.2. The maximum Gasteiger partial charge on any atom is 0.0132 e. The summed E-state index contributed by atoms with van der Waals surface area (Å²) in [7, 11) is 0. The molecule has 1 unspecified atom stereocenters. The summed E-state index contributed by atoms with van der Waals surface area (Å²) < 4.78 is 0. The van der Waals surface area contributed by atoms with E-state index >= 15 is 0 Å². The molecule has 0 radical (unpaired) electrons. The first kappa shape index (κ1) is 14.7. The van der Waals surface area contributed by atoms with Gasteiger partial charge in [-0.05, 0) is 26.3 Å². The summed E-state index contributed by atoms with van der Waals surface area (Å²) in [5.74, 6) is 0. The average molecular weight is 212 g/mol. The molecule has 15 heavy (non-hydrogen) atoms. The van der Waals surface area contributed by atoms with Crippen molar-refractivity contribution in [3.05, 3.63) is 12.7 Å². The monoisotopic (exact) mass is 212 g/mol. The molecule has 0 rings (SSSR count). The Morgan fingerprint density at radius 1 is 1.33 bits per heavy atom. The van der Waals surface area contributed by atoms with Crippen molar-refractivity contribution in [2.75, 3.05) is 26.2 Å². The minimum atomic E-state index is 0.710. The van der Waals surface area contributed by atoms with Gasteiger partial charge in [-0.2, -0.15) is 0 Å². The molecule has 90 valence electrons. The van der Waals surface area contributed by atoms with E-state index in [0.717, 1.165) is 19.6 Å². The number of nitrogens with zero attached hydrogens (tertiary/aromatic N) is 1. The van der Waals surface area contributed by atoms with Crippen LogP contribution in [0.5, 0.6) is 0 Å². The van der Waals surface area contributed by atoms with Crippen molar-refractivity contribution in [1.82, 2.24) is 10.2 Å². The molecular weight excluding hydrogens is 184 g/mol. The second-order valence-electron chi connectivity index (χ2n) is 4.14. The van der Waals surface area contributed by atoms with E-state index in [1.54, 1.807) is 0 Å². The van der Waals surface area contributed by atoms with Crippen molar-refractivity contribution in [2.24, 2.45) is 0 Å². The van der Waals surface area contributed by atoms with Gasteiger partial charge in [-0.3, -0.25) is 4.90 Å². The molecule has 0 fully saturated rings. The highest BCUT2D eigenvalue weighted by molar-refractivity contribution is 4.72. The van der Waals surface area contributed by atoms with Gasteiger partial charge in [-0.15, -0.1) is 6.58 Å². The molecule has 0 aliphatic rings. The first-order valence-corrected chi connectivity index (χ1v) is 6.31. The molecule has 0 aliphatic carbocycles. The van der Waals surface area contributed by atoms with Gasteiger partial charge in [-0.25, -0.2) is 0 Å². The molecular formula is C13H28N2. The van der Waals surface area contributed by atoms with Crippen LogP contribution in [0.25, 0.3) is 0 Å². The highest BCUT2D eigenvalue weighted by Crippen LogP contribution is 2.04. The first-order valence-electron chi connectivity index (χ1n) is 6.31. The molecule has 0 heterocycles. The summed E-state index contributed by atoms with van der Waals surface area (Å²) in [4.78, 5) is 2.58.